The first-order chi connectivity index (χ1) is 18.4. The zero-order chi connectivity index (χ0) is 26.6. The number of hydrogen-bond donors (Lipinski definition) is 1. The van der Waals surface area contributed by atoms with Crippen molar-refractivity contribution in [1.82, 2.24) is 9.55 Å². The highest BCUT2D eigenvalue weighted by atomic mass is 19.1. The predicted octanol–water partition coefficient (Wildman–Crippen LogP) is 5.06. The van der Waals surface area contributed by atoms with E-state index in [4.69, 9.17) is 14.9 Å². The van der Waals surface area contributed by atoms with Crippen LogP contribution in [0.1, 0.15) is 54.3 Å². The summed E-state index contributed by atoms with van der Waals surface area (Å²) in [5.74, 6) is -0.840. The van der Waals surface area contributed by atoms with E-state index in [9.17, 15) is 19.2 Å². The number of oxime groups is 1. The lowest BCUT2D eigenvalue weighted by atomic mass is 9.96. The van der Waals surface area contributed by atoms with Crippen LogP contribution >= 0.6 is 0 Å². The van der Waals surface area contributed by atoms with Crippen molar-refractivity contribution in [3.05, 3.63) is 105 Å². The van der Waals surface area contributed by atoms with E-state index in [-0.39, 0.29) is 18.1 Å². The molecule has 5 rings (SSSR count). The summed E-state index contributed by atoms with van der Waals surface area (Å²) in [6.07, 6.45) is 1.42. The minimum absolute atomic E-state index is 0.0223. The second-order valence-electron chi connectivity index (χ2n) is 9.01. The molecule has 9 heteroatoms. The van der Waals surface area contributed by atoms with E-state index in [0.717, 1.165) is 11.1 Å². The summed E-state index contributed by atoms with van der Waals surface area (Å²) < 4.78 is 15.0. The number of nitriles is 1. The molecule has 0 saturated carbocycles. The molecule has 190 valence electrons. The molecule has 0 spiro atoms. The number of nitrogens with zero attached hydrogens (tertiary/aromatic N) is 4. The highest BCUT2D eigenvalue weighted by Gasteiger charge is 2.26. The van der Waals surface area contributed by atoms with E-state index in [1.165, 1.54) is 28.8 Å². The number of benzene rings is 3. The maximum Gasteiger partial charge on any atom is 0.303 e. The number of rotatable bonds is 8. The van der Waals surface area contributed by atoms with Gasteiger partial charge in [0.25, 0.3) is 5.56 Å². The van der Waals surface area contributed by atoms with Crippen LogP contribution in [0.5, 0.6) is 0 Å². The Bertz CT molecular complexity index is 1650. The molecule has 0 aliphatic carbocycles. The number of carboxylic acid groups (broad SMARTS) is 1. The van der Waals surface area contributed by atoms with Crippen LogP contribution in [-0.2, 0) is 16.1 Å². The summed E-state index contributed by atoms with van der Waals surface area (Å²) in [6, 6.07) is 20.3. The molecule has 0 fully saturated rings. The predicted molar refractivity (Wildman–Crippen MR) is 139 cm³/mol. The van der Waals surface area contributed by atoms with Gasteiger partial charge in [0.2, 0.25) is 0 Å². The molecule has 1 atom stereocenters. The zero-order valence-corrected chi connectivity index (χ0v) is 20.3. The highest BCUT2D eigenvalue weighted by molar-refractivity contribution is 6.03. The third-order valence-electron chi connectivity index (χ3n) is 6.49. The second kappa shape index (κ2) is 10.6. The van der Waals surface area contributed by atoms with E-state index in [0.29, 0.717) is 59.4 Å². The van der Waals surface area contributed by atoms with E-state index in [1.54, 1.807) is 30.3 Å². The van der Waals surface area contributed by atoms with Crippen LogP contribution in [0.25, 0.3) is 16.6 Å². The van der Waals surface area contributed by atoms with Crippen molar-refractivity contribution in [3.8, 4) is 11.8 Å². The largest absolute Gasteiger partial charge is 0.481 e. The first-order valence-electron chi connectivity index (χ1n) is 12.2. The second-order valence-corrected chi connectivity index (χ2v) is 9.01. The maximum absolute atomic E-state index is 13.6. The molecule has 2 heterocycles. The molecule has 1 unspecified atom stereocenters. The van der Waals surface area contributed by atoms with Crippen molar-refractivity contribution in [2.45, 2.75) is 38.2 Å². The van der Waals surface area contributed by atoms with Crippen LogP contribution in [0.2, 0.25) is 0 Å². The number of fused-ring (bicyclic) bond motifs is 1. The number of aromatic nitrogens is 2. The minimum Gasteiger partial charge on any atom is -0.481 e. The normalized spacial score (nSPS) is 14.6. The summed E-state index contributed by atoms with van der Waals surface area (Å²) in [4.78, 5) is 34.9. The quantitative estimate of drug-likeness (QED) is 0.331. The summed E-state index contributed by atoms with van der Waals surface area (Å²) in [5, 5.41) is 23.0. The van der Waals surface area contributed by atoms with Crippen LogP contribution in [-0.4, -0.2) is 26.3 Å². The molecule has 1 aliphatic rings. The van der Waals surface area contributed by atoms with Crippen molar-refractivity contribution in [2.24, 2.45) is 5.16 Å². The van der Waals surface area contributed by atoms with E-state index < -0.39 is 11.8 Å². The number of carbonyl (C=O) groups is 1. The SMILES string of the molecule is N#Cc1ccccc1C1CC(c2ccc3c(=O)n(-c4ccc(F)cc4)c(CCCCC(=O)O)nc3c2)=NO1. The molecule has 0 amide bonds. The van der Waals surface area contributed by atoms with Crippen molar-refractivity contribution in [1.29, 1.82) is 5.26 Å². The standard InChI is InChI=1S/C29H23FN4O4/c30-20-10-12-21(13-11-20)34-27(7-3-4-8-28(35)36)32-25-15-18(9-14-23(25)29(34)37)24-16-26(38-33-24)22-6-2-1-5-19(22)17-31/h1-2,5-6,9-15,26H,3-4,7-8,16H2,(H,35,36). The van der Waals surface area contributed by atoms with Crippen LogP contribution in [0, 0.1) is 17.1 Å². The van der Waals surface area contributed by atoms with Gasteiger partial charge in [-0.3, -0.25) is 14.2 Å². The first-order valence-corrected chi connectivity index (χ1v) is 12.2. The molecule has 0 saturated heterocycles. The van der Waals surface area contributed by atoms with Gasteiger partial charge in [-0.05, 0) is 55.3 Å². The Morgan fingerprint density at radius 2 is 1.92 bits per heavy atom. The lowest BCUT2D eigenvalue weighted by Gasteiger charge is -2.14. The number of aliphatic carboxylic acids is 1. The van der Waals surface area contributed by atoms with Gasteiger partial charge in [0.1, 0.15) is 11.6 Å². The molecule has 0 radical (unpaired) electrons. The summed E-state index contributed by atoms with van der Waals surface area (Å²) in [5.41, 5.74) is 3.38. The summed E-state index contributed by atoms with van der Waals surface area (Å²) >= 11 is 0. The topological polar surface area (TPSA) is 118 Å². The van der Waals surface area contributed by atoms with Gasteiger partial charge in [-0.1, -0.05) is 29.4 Å². The average Bonchev–Trinajstić information content (AvgIpc) is 3.42. The van der Waals surface area contributed by atoms with Gasteiger partial charge in [-0.25, -0.2) is 9.37 Å². The molecule has 8 nitrogen and oxygen atoms in total. The van der Waals surface area contributed by atoms with Crippen LogP contribution in [0.3, 0.4) is 0 Å². The molecule has 1 aliphatic heterocycles. The van der Waals surface area contributed by atoms with Crippen molar-refractivity contribution < 1.29 is 19.1 Å². The Kier molecular flexibility index (Phi) is 6.96. The Morgan fingerprint density at radius 1 is 1.13 bits per heavy atom. The van der Waals surface area contributed by atoms with Crippen LogP contribution in [0.4, 0.5) is 4.39 Å². The fourth-order valence-electron chi connectivity index (χ4n) is 4.59. The van der Waals surface area contributed by atoms with Gasteiger partial charge in [0.05, 0.1) is 33.9 Å². The van der Waals surface area contributed by atoms with Gasteiger partial charge in [0.15, 0.2) is 6.10 Å². The Hall–Kier alpha value is -4.84. The van der Waals surface area contributed by atoms with Crippen LogP contribution < -0.4 is 5.56 Å². The monoisotopic (exact) mass is 510 g/mol. The van der Waals surface area contributed by atoms with Gasteiger partial charge in [-0.2, -0.15) is 5.26 Å². The molecule has 3 aromatic carbocycles. The van der Waals surface area contributed by atoms with Gasteiger partial charge in [0, 0.05) is 30.4 Å². The van der Waals surface area contributed by atoms with Crippen molar-refractivity contribution >= 4 is 22.6 Å². The molecule has 4 aromatic rings. The number of aryl methyl sites for hydroxylation is 1. The maximum atomic E-state index is 13.6. The van der Waals surface area contributed by atoms with Gasteiger partial charge < -0.3 is 9.94 Å². The fraction of sp³-hybridized carbons (Fsp3) is 0.207. The minimum atomic E-state index is -0.882. The molecule has 0 bridgehead atoms. The average molecular weight is 511 g/mol. The Labute approximate surface area is 217 Å². The van der Waals surface area contributed by atoms with E-state index in [1.807, 2.05) is 12.1 Å². The molecule has 1 aromatic heterocycles. The van der Waals surface area contributed by atoms with Crippen molar-refractivity contribution in [3.63, 3.8) is 0 Å². The highest BCUT2D eigenvalue weighted by Crippen LogP contribution is 2.32. The fourth-order valence-corrected chi connectivity index (χ4v) is 4.59. The smallest absolute Gasteiger partial charge is 0.303 e. The summed E-state index contributed by atoms with van der Waals surface area (Å²) in [6.45, 7) is 0. The van der Waals surface area contributed by atoms with Gasteiger partial charge in [-0.15, -0.1) is 0 Å². The first kappa shape index (κ1) is 24.8. The lowest BCUT2D eigenvalue weighted by molar-refractivity contribution is -0.137. The lowest BCUT2D eigenvalue weighted by Crippen LogP contribution is -2.24. The van der Waals surface area contributed by atoms with Gasteiger partial charge >= 0.3 is 5.97 Å². The van der Waals surface area contributed by atoms with Crippen molar-refractivity contribution in [2.75, 3.05) is 0 Å². The third kappa shape index (κ3) is 5.02. The van der Waals surface area contributed by atoms with Crippen LogP contribution in [0.15, 0.2) is 76.7 Å². The molecule has 38 heavy (non-hydrogen) atoms. The number of carboxylic acids is 1. The van der Waals surface area contributed by atoms with E-state index >= 15 is 0 Å². The number of halogens is 1. The number of hydrogen-bond acceptors (Lipinski definition) is 6. The Morgan fingerprint density at radius 3 is 2.68 bits per heavy atom. The number of unbranched alkanes of at least 4 members (excludes halogenated alkanes) is 1. The molecular formula is C29H23FN4O4. The third-order valence-corrected chi connectivity index (χ3v) is 6.49. The molecule has 1 N–H and O–H groups in total. The molecular weight excluding hydrogens is 487 g/mol. The Balaban J connectivity index is 1.50. The zero-order valence-electron chi connectivity index (χ0n) is 20.3. The van der Waals surface area contributed by atoms with E-state index in [2.05, 4.69) is 11.2 Å². The summed E-state index contributed by atoms with van der Waals surface area (Å²) in [7, 11) is 0.